The first-order chi connectivity index (χ1) is 15.6. The van der Waals surface area contributed by atoms with E-state index in [0.29, 0.717) is 52.9 Å². The van der Waals surface area contributed by atoms with Crippen molar-refractivity contribution in [2.45, 2.75) is 0 Å². The molecule has 2 aromatic carbocycles. The van der Waals surface area contributed by atoms with Gasteiger partial charge < -0.3 is 19.5 Å². The Labute approximate surface area is 184 Å². The molecule has 3 aromatic rings. The van der Waals surface area contributed by atoms with Gasteiger partial charge in [-0.1, -0.05) is 12.1 Å². The lowest BCUT2D eigenvalue weighted by molar-refractivity contribution is -0.113. The molecule has 0 spiro atoms. The molecular weight excluding hydrogens is 410 g/mol. The number of hydrogen-bond donors (Lipinski definition) is 1. The predicted octanol–water partition coefficient (Wildman–Crippen LogP) is 3.50. The molecule has 0 aliphatic heterocycles. The monoisotopic (exact) mass is 431 g/mol. The van der Waals surface area contributed by atoms with E-state index in [2.05, 4.69) is 15.3 Å². The van der Waals surface area contributed by atoms with Crippen LogP contribution in [0.3, 0.4) is 0 Å². The molecule has 8 nitrogen and oxygen atoms in total. The van der Waals surface area contributed by atoms with Crippen LogP contribution in [0.25, 0.3) is 16.5 Å². The molecule has 1 N–H and O–H groups in total. The highest BCUT2D eigenvalue weighted by Gasteiger charge is 2.16. The van der Waals surface area contributed by atoms with E-state index in [0.717, 1.165) is 5.39 Å². The van der Waals surface area contributed by atoms with Gasteiger partial charge in [-0.3, -0.25) is 9.59 Å². The van der Waals surface area contributed by atoms with Crippen LogP contribution in [-0.4, -0.2) is 49.0 Å². The number of benzene rings is 2. The summed E-state index contributed by atoms with van der Waals surface area (Å²) in [6, 6.07) is 10.8. The molecule has 0 saturated heterocycles. The Morgan fingerprint density at radius 1 is 0.969 bits per heavy atom. The van der Waals surface area contributed by atoms with E-state index < -0.39 is 0 Å². The molecule has 0 amide bonds. The number of nitrogens with one attached hydrogen (secondary N) is 1. The summed E-state index contributed by atoms with van der Waals surface area (Å²) in [5.74, 6) is 1.25. The molecule has 1 aliphatic rings. The quantitative estimate of drug-likeness (QED) is 0.427. The Morgan fingerprint density at radius 2 is 1.84 bits per heavy atom. The number of carbonyl (C=O) groups excluding carboxylic acids is 2. The van der Waals surface area contributed by atoms with Crippen molar-refractivity contribution in [1.82, 2.24) is 9.97 Å². The number of methoxy groups -OCH3 is 2. The highest BCUT2D eigenvalue weighted by atomic mass is 16.5. The molecule has 0 fully saturated rings. The fourth-order valence-electron chi connectivity index (χ4n) is 3.31. The molecule has 162 valence electrons. The van der Waals surface area contributed by atoms with E-state index in [1.54, 1.807) is 44.6 Å². The van der Waals surface area contributed by atoms with E-state index >= 15 is 0 Å². The average molecular weight is 431 g/mol. The third kappa shape index (κ3) is 4.50. The number of fused-ring (bicyclic) bond motifs is 1. The van der Waals surface area contributed by atoms with Crippen LogP contribution in [0.2, 0.25) is 0 Å². The summed E-state index contributed by atoms with van der Waals surface area (Å²) in [5, 5.41) is 4.00. The van der Waals surface area contributed by atoms with E-state index in [1.165, 1.54) is 24.6 Å². The van der Waals surface area contributed by atoms with Gasteiger partial charge in [0, 0.05) is 29.8 Å². The molecule has 1 aromatic heterocycles. The largest absolute Gasteiger partial charge is 0.493 e. The zero-order valence-corrected chi connectivity index (χ0v) is 17.6. The summed E-state index contributed by atoms with van der Waals surface area (Å²) < 4.78 is 16.2. The number of nitrogens with zero attached hydrogens (tertiary/aromatic N) is 2. The molecule has 0 bridgehead atoms. The minimum absolute atomic E-state index is 0.208. The van der Waals surface area contributed by atoms with Crippen molar-refractivity contribution in [3.8, 4) is 11.5 Å². The molecule has 1 heterocycles. The van der Waals surface area contributed by atoms with Crippen molar-refractivity contribution in [2.75, 3.05) is 32.8 Å². The maximum absolute atomic E-state index is 12.2. The first-order valence-corrected chi connectivity index (χ1v) is 9.89. The number of allylic oxidation sites excluding steroid dienone is 4. The first-order valence-electron chi connectivity index (χ1n) is 9.89. The molecule has 1 aliphatic carbocycles. The highest BCUT2D eigenvalue weighted by Crippen LogP contribution is 2.35. The highest BCUT2D eigenvalue weighted by molar-refractivity contribution is 6.34. The molecule has 0 unspecified atom stereocenters. The van der Waals surface area contributed by atoms with Crippen LogP contribution in [0.4, 0.5) is 11.5 Å². The normalized spacial score (nSPS) is 13.2. The molecule has 32 heavy (non-hydrogen) atoms. The fourth-order valence-corrected chi connectivity index (χ4v) is 3.31. The van der Waals surface area contributed by atoms with Crippen molar-refractivity contribution in [3.63, 3.8) is 0 Å². The number of rotatable bonds is 8. The smallest absolute Gasteiger partial charge is 0.186 e. The second kappa shape index (κ2) is 9.40. The van der Waals surface area contributed by atoms with Gasteiger partial charge in [0.25, 0.3) is 0 Å². The molecule has 8 heteroatoms. The van der Waals surface area contributed by atoms with Crippen molar-refractivity contribution >= 4 is 39.5 Å². The molecular formula is C24H21N3O5. The second-order valence-electron chi connectivity index (χ2n) is 6.95. The summed E-state index contributed by atoms with van der Waals surface area (Å²) >= 11 is 0. The van der Waals surface area contributed by atoms with Crippen molar-refractivity contribution in [2.24, 2.45) is 0 Å². The maximum Gasteiger partial charge on any atom is 0.186 e. The lowest BCUT2D eigenvalue weighted by atomic mass is 9.96. The fraction of sp³-hybridized carbons (Fsp3) is 0.167. The van der Waals surface area contributed by atoms with E-state index in [4.69, 9.17) is 14.2 Å². The van der Waals surface area contributed by atoms with Crippen LogP contribution in [0.15, 0.2) is 61.0 Å². The molecule has 0 atom stereocenters. The Hall–Kier alpha value is -4.04. The number of aromatic nitrogens is 2. The van der Waals surface area contributed by atoms with Crippen molar-refractivity contribution in [3.05, 3.63) is 66.5 Å². The minimum Gasteiger partial charge on any atom is -0.493 e. The van der Waals surface area contributed by atoms with Gasteiger partial charge in [-0.25, -0.2) is 9.97 Å². The predicted molar refractivity (Wildman–Crippen MR) is 120 cm³/mol. The van der Waals surface area contributed by atoms with E-state index in [1.807, 2.05) is 6.07 Å². The van der Waals surface area contributed by atoms with Gasteiger partial charge >= 0.3 is 0 Å². The molecule has 4 rings (SSSR count). The van der Waals surface area contributed by atoms with Crippen molar-refractivity contribution < 1.29 is 23.8 Å². The van der Waals surface area contributed by atoms with E-state index in [9.17, 15) is 9.59 Å². The maximum atomic E-state index is 12.2. The van der Waals surface area contributed by atoms with Gasteiger partial charge in [0.15, 0.2) is 23.1 Å². The van der Waals surface area contributed by atoms with Crippen LogP contribution in [0, 0.1) is 0 Å². The average Bonchev–Trinajstić information content (AvgIpc) is 2.81. The number of ketones is 2. The Balaban J connectivity index is 1.66. The topological polar surface area (TPSA) is 99.6 Å². The van der Waals surface area contributed by atoms with Crippen LogP contribution < -0.4 is 14.8 Å². The number of carbonyl (C=O) groups is 2. The van der Waals surface area contributed by atoms with Crippen LogP contribution in [-0.2, 0) is 14.3 Å². The third-order valence-electron chi connectivity index (χ3n) is 4.85. The van der Waals surface area contributed by atoms with Crippen LogP contribution >= 0.6 is 0 Å². The van der Waals surface area contributed by atoms with Gasteiger partial charge in [0.05, 0.1) is 19.2 Å². The number of anilines is 2. The zero-order chi connectivity index (χ0) is 22.5. The van der Waals surface area contributed by atoms with Crippen molar-refractivity contribution in [1.29, 1.82) is 0 Å². The van der Waals surface area contributed by atoms with Gasteiger partial charge in [-0.05, 0) is 42.0 Å². The summed E-state index contributed by atoms with van der Waals surface area (Å²) in [7, 11) is 3.17. The summed E-state index contributed by atoms with van der Waals surface area (Å²) in [6.45, 7) is 0.835. The molecule has 0 saturated carbocycles. The van der Waals surface area contributed by atoms with Gasteiger partial charge in [0.1, 0.15) is 18.8 Å². The summed E-state index contributed by atoms with van der Waals surface area (Å²) in [5.41, 5.74) is 2.38. The SMILES string of the molecule is COCCOc1cc2ncnc(Nc3cccc(C4=CC(=O)C=CC4=O)c3)c2cc1OC. The van der Waals surface area contributed by atoms with E-state index in [-0.39, 0.29) is 11.6 Å². The lowest BCUT2D eigenvalue weighted by Gasteiger charge is -2.14. The Kier molecular flexibility index (Phi) is 6.23. The standard InChI is InChI=1S/C24H21N3O5/c1-30-8-9-32-23-13-20-19(12-22(23)31-2)24(26-14-25-20)27-16-5-3-4-15(10-16)18-11-17(28)6-7-21(18)29/h3-7,10-14H,8-9H2,1-2H3,(H,25,26,27). The van der Waals surface area contributed by atoms with Crippen LogP contribution in [0.5, 0.6) is 11.5 Å². The Bertz CT molecular complexity index is 1250. The zero-order valence-electron chi connectivity index (χ0n) is 17.6. The molecule has 0 radical (unpaired) electrons. The van der Waals surface area contributed by atoms with Crippen LogP contribution in [0.1, 0.15) is 5.56 Å². The third-order valence-corrected chi connectivity index (χ3v) is 4.85. The van der Waals surface area contributed by atoms with Gasteiger partial charge in [0.2, 0.25) is 0 Å². The first kappa shape index (κ1) is 21.2. The number of ether oxygens (including phenoxy) is 3. The lowest BCUT2D eigenvalue weighted by Crippen LogP contribution is -2.07. The Morgan fingerprint density at radius 3 is 2.66 bits per heavy atom. The summed E-state index contributed by atoms with van der Waals surface area (Å²) in [6.07, 6.45) is 5.35. The second-order valence-corrected chi connectivity index (χ2v) is 6.95. The number of hydrogen-bond acceptors (Lipinski definition) is 8. The summed E-state index contributed by atoms with van der Waals surface area (Å²) in [4.78, 5) is 32.6. The van der Waals surface area contributed by atoms with Gasteiger partial charge in [-0.15, -0.1) is 0 Å². The minimum atomic E-state index is -0.213. The van der Waals surface area contributed by atoms with Gasteiger partial charge in [-0.2, -0.15) is 0 Å².